The van der Waals surface area contributed by atoms with Gasteiger partial charge in [0.1, 0.15) is 0 Å². The molecule has 4 nitrogen and oxygen atoms in total. The minimum absolute atomic E-state index is 0.0460. The van der Waals surface area contributed by atoms with Crippen LogP contribution in [0.15, 0.2) is 36.7 Å². The Bertz CT molecular complexity index is 670. The highest BCUT2D eigenvalue weighted by molar-refractivity contribution is 5.84. The molecule has 22 heavy (non-hydrogen) atoms. The molecule has 0 amide bonds. The fraction of sp³-hybridized carbons (Fsp3) is 0.500. The summed E-state index contributed by atoms with van der Waals surface area (Å²) in [4.78, 5) is 6.68. The van der Waals surface area contributed by atoms with Crippen molar-refractivity contribution >= 4 is 10.8 Å². The lowest BCUT2D eigenvalue weighted by Crippen LogP contribution is -2.41. The topological polar surface area (TPSA) is 45.6 Å². The van der Waals surface area contributed by atoms with E-state index in [1.165, 1.54) is 16.3 Å². The van der Waals surface area contributed by atoms with Crippen molar-refractivity contribution in [3.8, 4) is 0 Å². The van der Waals surface area contributed by atoms with E-state index in [1.54, 1.807) is 0 Å². The van der Waals surface area contributed by atoms with Gasteiger partial charge in [-0.2, -0.15) is 0 Å². The van der Waals surface area contributed by atoms with Gasteiger partial charge in [0.05, 0.1) is 13.2 Å². The lowest BCUT2D eigenvalue weighted by Gasteiger charge is -2.36. The third-order valence-electron chi connectivity index (χ3n) is 5.43. The predicted molar refractivity (Wildman–Crippen MR) is 85.5 cm³/mol. The first-order chi connectivity index (χ1) is 10.8. The summed E-state index contributed by atoms with van der Waals surface area (Å²) in [6.45, 7) is 4.76. The van der Waals surface area contributed by atoms with E-state index in [1.807, 2.05) is 12.4 Å². The molecule has 2 aromatic rings. The molecule has 2 fully saturated rings. The number of hydrogen-bond acceptors (Lipinski definition) is 4. The molecule has 2 aliphatic rings. The fourth-order valence-electron chi connectivity index (χ4n) is 4.11. The molecule has 0 radical (unpaired) electrons. The van der Waals surface area contributed by atoms with Crippen LogP contribution in [0.4, 0.5) is 0 Å². The molecule has 2 saturated heterocycles. The summed E-state index contributed by atoms with van der Waals surface area (Å²) in [7, 11) is 0. The minimum Gasteiger partial charge on any atom is -0.396 e. The second-order valence-electron chi connectivity index (χ2n) is 6.73. The lowest BCUT2D eigenvalue weighted by molar-refractivity contribution is -0.0417. The fourth-order valence-corrected chi connectivity index (χ4v) is 4.11. The molecular weight excluding hydrogens is 276 g/mol. The third-order valence-corrected chi connectivity index (χ3v) is 5.43. The Kier molecular flexibility index (Phi) is 3.60. The van der Waals surface area contributed by atoms with Gasteiger partial charge < -0.3 is 9.84 Å². The van der Waals surface area contributed by atoms with Crippen molar-refractivity contribution in [3.63, 3.8) is 0 Å². The van der Waals surface area contributed by atoms with Crippen molar-refractivity contribution in [2.24, 2.45) is 11.3 Å². The summed E-state index contributed by atoms with van der Waals surface area (Å²) in [5, 5.41) is 12.4. The summed E-state index contributed by atoms with van der Waals surface area (Å²) < 4.78 is 5.63. The van der Waals surface area contributed by atoms with Crippen molar-refractivity contribution in [1.29, 1.82) is 0 Å². The van der Waals surface area contributed by atoms with Crippen LogP contribution in [0, 0.1) is 11.3 Å². The van der Waals surface area contributed by atoms with Gasteiger partial charge >= 0.3 is 0 Å². The van der Waals surface area contributed by atoms with E-state index in [0.717, 1.165) is 39.3 Å². The molecule has 3 heterocycles. The zero-order valence-corrected chi connectivity index (χ0v) is 12.7. The van der Waals surface area contributed by atoms with E-state index in [2.05, 4.69) is 34.1 Å². The Morgan fingerprint density at radius 1 is 1.36 bits per heavy atom. The number of likely N-dealkylation sites (tertiary alicyclic amines) is 1. The maximum Gasteiger partial charge on any atom is 0.0513 e. The highest BCUT2D eigenvalue weighted by Gasteiger charge is 2.47. The summed E-state index contributed by atoms with van der Waals surface area (Å²) >= 11 is 0. The number of aromatic nitrogens is 1. The first-order valence-electron chi connectivity index (χ1n) is 8.03. The SMILES string of the molecule is OC[C@]12CCOC[C@H]1CN(Cc1cccc3cnccc13)C2. The van der Waals surface area contributed by atoms with Gasteiger partial charge in [0.15, 0.2) is 0 Å². The van der Waals surface area contributed by atoms with Crippen LogP contribution in [0.3, 0.4) is 0 Å². The molecule has 4 heteroatoms. The molecule has 4 rings (SSSR count). The number of aliphatic hydroxyl groups is 1. The van der Waals surface area contributed by atoms with Crippen LogP contribution in [-0.2, 0) is 11.3 Å². The zero-order valence-electron chi connectivity index (χ0n) is 12.7. The molecule has 0 saturated carbocycles. The quantitative estimate of drug-likeness (QED) is 0.942. The maximum absolute atomic E-state index is 9.92. The number of benzene rings is 1. The Morgan fingerprint density at radius 2 is 2.32 bits per heavy atom. The Labute approximate surface area is 130 Å². The molecule has 1 N–H and O–H groups in total. The van der Waals surface area contributed by atoms with Gasteiger partial charge in [-0.3, -0.25) is 9.88 Å². The average Bonchev–Trinajstić information content (AvgIpc) is 2.94. The van der Waals surface area contributed by atoms with Gasteiger partial charge in [-0.1, -0.05) is 18.2 Å². The Hall–Kier alpha value is -1.49. The molecule has 0 bridgehead atoms. The smallest absolute Gasteiger partial charge is 0.0513 e. The van der Waals surface area contributed by atoms with Crippen LogP contribution in [0.1, 0.15) is 12.0 Å². The summed E-state index contributed by atoms with van der Waals surface area (Å²) in [6.07, 6.45) is 4.76. The molecule has 1 aromatic heterocycles. The highest BCUT2D eigenvalue weighted by Crippen LogP contribution is 2.42. The van der Waals surface area contributed by atoms with Crippen molar-refractivity contribution in [1.82, 2.24) is 9.88 Å². The van der Waals surface area contributed by atoms with Crippen LogP contribution >= 0.6 is 0 Å². The van der Waals surface area contributed by atoms with E-state index >= 15 is 0 Å². The summed E-state index contributed by atoms with van der Waals surface area (Å²) in [6, 6.07) is 8.51. The number of ether oxygens (including phenoxy) is 1. The Morgan fingerprint density at radius 3 is 3.18 bits per heavy atom. The number of rotatable bonds is 3. The van der Waals surface area contributed by atoms with Gasteiger partial charge in [-0.25, -0.2) is 0 Å². The van der Waals surface area contributed by atoms with Crippen LogP contribution in [0.5, 0.6) is 0 Å². The normalized spacial score (nSPS) is 28.9. The molecule has 0 spiro atoms. The maximum atomic E-state index is 9.92. The standard InChI is InChI=1S/C18H22N2O2/c21-13-18-5-7-22-11-16(18)10-20(12-18)9-15-3-1-2-14-8-19-6-4-17(14)15/h1-4,6,8,16,21H,5,7,9-13H2/t16-,18-/m1/s1. The molecule has 1 aromatic carbocycles. The van der Waals surface area contributed by atoms with Crippen molar-refractivity contribution < 1.29 is 9.84 Å². The van der Waals surface area contributed by atoms with Gasteiger partial charge in [-0.05, 0) is 23.4 Å². The molecular formula is C18H22N2O2. The number of nitrogens with zero attached hydrogens (tertiary/aromatic N) is 2. The van der Waals surface area contributed by atoms with Crippen LogP contribution in [-0.4, -0.2) is 47.9 Å². The highest BCUT2D eigenvalue weighted by atomic mass is 16.5. The van der Waals surface area contributed by atoms with Crippen molar-refractivity contribution in [2.75, 3.05) is 32.9 Å². The van der Waals surface area contributed by atoms with Crippen LogP contribution < -0.4 is 0 Å². The first kappa shape index (κ1) is 14.1. The van der Waals surface area contributed by atoms with Crippen LogP contribution in [0.25, 0.3) is 10.8 Å². The number of pyridine rings is 1. The first-order valence-corrected chi connectivity index (χ1v) is 8.03. The average molecular weight is 298 g/mol. The molecule has 116 valence electrons. The van der Waals surface area contributed by atoms with Crippen LogP contribution in [0.2, 0.25) is 0 Å². The molecule has 0 aliphatic carbocycles. The number of aliphatic hydroxyl groups excluding tert-OH is 1. The summed E-state index contributed by atoms with van der Waals surface area (Å²) in [5.41, 5.74) is 1.39. The van der Waals surface area contributed by atoms with Gasteiger partial charge in [0, 0.05) is 55.4 Å². The minimum atomic E-state index is 0.0460. The molecule has 2 atom stereocenters. The Balaban J connectivity index is 1.59. The van der Waals surface area contributed by atoms with E-state index in [0.29, 0.717) is 5.92 Å². The van der Waals surface area contributed by atoms with E-state index in [4.69, 9.17) is 4.74 Å². The molecule has 2 aliphatic heterocycles. The van der Waals surface area contributed by atoms with Crippen molar-refractivity contribution in [2.45, 2.75) is 13.0 Å². The lowest BCUT2D eigenvalue weighted by atomic mass is 9.75. The zero-order chi connectivity index (χ0) is 15.0. The van der Waals surface area contributed by atoms with E-state index < -0.39 is 0 Å². The predicted octanol–water partition coefficient (Wildman–Crippen LogP) is 2.07. The molecule has 0 unspecified atom stereocenters. The van der Waals surface area contributed by atoms with Gasteiger partial charge in [-0.15, -0.1) is 0 Å². The van der Waals surface area contributed by atoms with Gasteiger partial charge in [0.25, 0.3) is 0 Å². The monoisotopic (exact) mass is 298 g/mol. The third kappa shape index (κ3) is 2.32. The van der Waals surface area contributed by atoms with E-state index in [9.17, 15) is 5.11 Å². The van der Waals surface area contributed by atoms with Gasteiger partial charge in [0.2, 0.25) is 0 Å². The van der Waals surface area contributed by atoms with Crippen molar-refractivity contribution in [3.05, 3.63) is 42.2 Å². The number of hydrogen-bond donors (Lipinski definition) is 1. The second kappa shape index (κ2) is 5.61. The largest absolute Gasteiger partial charge is 0.396 e. The number of fused-ring (bicyclic) bond motifs is 2. The second-order valence-corrected chi connectivity index (χ2v) is 6.73. The van der Waals surface area contributed by atoms with E-state index in [-0.39, 0.29) is 12.0 Å². The summed E-state index contributed by atoms with van der Waals surface area (Å²) in [5.74, 6) is 0.461.